The third-order valence-corrected chi connectivity index (χ3v) is 4.63. The zero-order valence-electron chi connectivity index (χ0n) is 14.2. The second-order valence-electron chi connectivity index (χ2n) is 5.71. The Hall–Kier alpha value is -1.98. The Morgan fingerprint density at radius 1 is 1.12 bits per heavy atom. The molecule has 0 N–H and O–H groups in total. The molecular weight excluding hydrogens is 357 g/mol. The molecule has 5 nitrogen and oxygen atoms in total. The molecule has 7 heteroatoms. The molecule has 2 aromatic heterocycles. The minimum absolute atomic E-state index is 0.521. The number of benzene rings is 1. The SMILES string of the molecule is CCCCN(CC)c1ncnc2c(-c3ccc(Cl)cc3Cl)nncc12. The lowest BCUT2D eigenvalue weighted by molar-refractivity contribution is 0.725. The van der Waals surface area contributed by atoms with Crippen LogP contribution >= 0.6 is 23.2 Å². The Kier molecular flexibility index (Phi) is 5.66. The maximum atomic E-state index is 6.36. The van der Waals surface area contributed by atoms with E-state index in [2.05, 4.69) is 38.9 Å². The Morgan fingerprint density at radius 3 is 2.68 bits per heavy atom. The molecule has 0 aliphatic heterocycles. The minimum atomic E-state index is 0.521. The van der Waals surface area contributed by atoms with Crippen LogP contribution in [-0.4, -0.2) is 33.3 Å². The molecule has 0 aliphatic rings. The van der Waals surface area contributed by atoms with Gasteiger partial charge in [-0.1, -0.05) is 36.5 Å². The lowest BCUT2D eigenvalue weighted by atomic mass is 10.1. The van der Waals surface area contributed by atoms with Crippen molar-refractivity contribution < 1.29 is 0 Å². The average Bonchev–Trinajstić information content (AvgIpc) is 2.62. The van der Waals surface area contributed by atoms with Crippen molar-refractivity contribution in [1.29, 1.82) is 0 Å². The van der Waals surface area contributed by atoms with E-state index in [0.29, 0.717) is 15.7 Å². The number of fused-ring (bicyclic) bond motifs is 1. The maximum absolute atomic E-state index is 6.36. The highest BCUT2D eigenvalue weighted by atomic mass is 35.5. The summed E-state index contributed by atoms with van der Waals surface area (Å²) in [4.78, 5) is 11.2. The first kappa shape index (κ1) is 17.8. The largest absolute Gasteiger partial charge is 0.356 e. The van der Waals surface area contributed by atoms with Crippen LogP contribution < -0.4 is 4.90 Å². The summed E-state index contributed by atoms with van der Waals surface area (Å²) in [6.45, 7) is 6.11. The van der Waals surface area contributed by atoms with Gasteiger partial charge in [0.1, 0.15) is 23.4 Å². The fourth-order valence-electron chi connectivity index (χ4n) is 2.76. The molecule has 3 rings (SSSR count). The third-order valence-electron chi connectivity index (χ3n) is 4.08. The summed E-state index contributed by atoms with van der Waals surface area (Å²) >= 11 is 12.4. The van der Waals surface area contributed by atoms with Crippen LogP contribution in [0.3, 0.4) is 0 Å². The number of hydrogen-bond acceptors (Lipinski definition) is 5. The molecule has 0 bridgehead atoms. The van der Waals surface area contributed by atoms with E-state index in [0.717, 1.165) is 48.2 Å². The number of rotatable bonds is 6. The monoisotopic (exact) mass is 375 g/mol. The van der Waals surface area contributed by atoms with Crippen LogP contribution in [0.4, 0.5) is 5.82 Å². The summed E-state index contributed by atoms with van der Waals surface area (Å²) < 4.78 is 0. The molecule has 2 heterocycles. The first-order valence-electron chi connectivity index (χ1n) is 8.32. The van der Waals surface area contributed by atoms with E-state index >= 15 is 0 Å². The van der Waals surface area contributed by atoms with Gasteiger partial charge in [-0.05, 0) is 31.5 Å². The third kappa shape index (κ3) is 3.67. The van der Waals surface area contributed by atoms with Crippen molar-refractivity contribution in [3.63, 3.8) is 0 Å². The maximum Gasteiger partial charge on any atom is 0.141 e. The van der Waals surface area contributed by atoms with Gasteiger partial charge in [0.2, 0.25) is 0 Å². The summed E-state index contributed by atoms with van der Waals surface area (Å²) in [5.41, 5.74) is 2.12. The van der Waals surface area contributed by atoms with E-state index in [-0.39, 0.29) is 0 Å². The molecule has 0 unspecified atom stereocenters. The average molecular weight is 376 g/mol. The van der Waals surface area contributed by atoms with Gasteiger partial charge in [-0.25, -0.2) is 9.97 Å². The highest BCUT2D eigenvalue weighted by Gasteiger charge is 2.16. The predicted molar refractivity (Wildman–Crippen MR) is 103 cm³/mol. The van der Waals surface area contributed by atoms with Crippen LogP contribution in [0.2, 0.25) is 10.0 Å². The summed E-state index contributed by atoms with van der Waals surface area (Å²) in [5, 5.41) is 10.4. The number of nitrogens with zero attached hydrogens (tertiary/aromatic N) is 5. The molecule has 130 valence electrons. The van der Waals surface area contributed by atoms with E-state index in [9.17, 15) is 0 Å². The lowest BCUT2D eigenvalue weighted by Crippen LogP contribution is -2.25. The molecule has 0 spiro atoms. The molecule has 3 aromatic rings. The fourth-order valence-corrected chi connectivity index (χ4v) is 3.26. The van der Waals surface area contributed by atoms with E-state index in [1.165, 1.54) is 0 Å². The first-order valence-corrected chi connectivity index (χ1v) is 9.08. The molecule has 0 radical (unpaired) electrons. The Bertz CT molecular complexity index is 884. The van der Waals surface area contributed by atoms with Crippen LogP contribution in [0.1, 0.15) is 26.7 Å². The van der Waals surface area contributed by atoms with E-state index in [4.69, 9.17) is 23.2 Å². The van der Waals surface area contributed by atoms with Crippen molar-refractivity contribution in [3.05, 3.63) is 40.8 Å². The van der Waals surface area contributed by atoms with Gasteiger partial charge in [0.15, 0.2) is 0 Å². The van der Waals surface area contributed by atoms with Gasteiger partial charge in [0, 0.05) is 23.7 Å². The lowest BCUT2D eigenvalue weighted by Gasteiger charge is -2.22. The molecule has 0 saturated carbocycles. The van der Waals surface area contributed by atoms with Gasteiger partial charge in [-0.2, -0.15) is 5.10 Å². The molecule has 0 fully saturated rings. The van der Waals surface area contributed by atoms with Crippen molar-refractivity contribution in [2.45, 2.75) is 26.7 Å². The summed E-state index contributed by atoms with van der Waals surface area (Å²) in [5.74, 6) is 0.877. The molecule has 1 aromatic carbocycles. The fraction of sp³-hybridized carbons (Fsp3) is 0.333. The predicted octanol–water partition coefficient (Wildman–Crippen LogP) is 5.02. The van der Waals surface area contributed by atoms with Gasteiger partial charge in [0.25, 0.3) is 0 Å². The number of halogens is 2. The number of aromatic nitrogens is 4. The highest BCUT2D eigenvalue weighted by molar-refractivity contribution is 6.36. The molecule has 0 aliphatic carbocycles. The quantitative estimate of drug-likeness (QED) is 0.605. The van der Waals surface area contributed by atoms with E-state index in [1.807, 2.05) is 6.07 Å². The van der Waals surface area contributed by atoms with Gasteiger partial charge in [-0.3, -0.25) is 0 Å². The normalized spacial score (nSPS) is 11.0. The molecule has 0 saturated heterocycles. The van der Waals surface area contributed by atoms with Gasteiger partial charge in [0.05, 0.1) is 16.6 Å². The van der Waals surface area contributed by atoms with Crippen molar-refractivity contribution in [1.82, 2.24) is 20.2 Å². The van der Waals surface area contributed by atoms with Crippen LogP contribution in [-0.2, 0) is 0 Å². The van der Waals surface area contributed by atoms with E-state index in [1.54, 1.807) is 24.7 Å². The van der Waals surface area contributed by atoms with Crippen molar-refractivity contribution in [3.8, 4) is 11.3 Å². The summed E-state index contributed by atoms with van der Waals surface area (Å²) in [6.07, 6.45) is 5.52. The second kappa shape index (κ2) is 7.93. The van der Waals surface area contributed by atoms with Crippen LogP contribution in [0.25, 0.3) is 22.2 Å². The number of unbranched alkanes of at least 4 members (excludes halogenated alkanes) is 1. The van der Waals surface area contributed by atoms with Crippen LogP contribution in [0.15, 0.2) is 30.7 Å². The topological polar surface area (TPSA) is 54.8 Å². The van der Waals surface area contributed by atoms with Gasteiger partial charge >= 0.3 is 0 Å². The van der Waals surface area contributed by atoms with Crippen molar-refractivity contribution in [2.24, 2.45) is 0 Å². The van der Waals surface area contributed by atoms with Crippen LogP contribution in [0.5, 0.6) is 0 Å². The Labute approximate surface area is 157 Å². The summed E-state index contributed by atoms with van der Waals surface area (Å²) in [7, 11) is 0. The smallest absolute Gasteiger partial charge is 0.141 e. The highest BCUT2D eigenvalue weighted by Crippen LogP contribution is 2.34. The van der Waals surface area contributed by atoms with Crippen molar-refractivity contribution >= 4 is 39.9 Å². The number of anilines is 1. The molecule has 0 amide bonds. The number of hydrogen-bond donors (Lipinski definition) is 0. The Balaban J connectivity index is 2.15. The van der Waals surface area contributed by atoms with Gasteiger partial charge in [-0.15, -0.1) is 5.10 Å². The van der Waals surface area contributed by atoms with Crippen LogP contribution in [0, 0.1) is 0 Å². The Morgan fingerprint density at radius 2 is 1.96 bits per heavy atom. The minimum Gasteiger partial charge on any atom is -0.356 e. The van der Waals surface area contributed by atoms with Gasteiger partial charge < -0.3 is 4.90 Å². The standard InChI is InChI=1S/C18H19Cl2N5/c1-3-5-8-25(4-2)18-14-10-23-24-17(16(14)21-11-22-18)13-7-6-12(19)9-15(13)20/h6-7,9-11H,3-5,8H2,1-2H3. The second-order valence-corrected chi connectivity index (χ2v) is 6.55. The molecular formula is C18H19Cl2N5. The summed E-state index contributed by atoms with van der Waals surface area (Å²) in [6, 6.07) is 5.32. The first-order chi connectivity index (χ1) is 12.2. The van der Waals surface area contributed by atoms with E-state index < -0.39 is 0 Å². The molecule has 0 atom stereocenters. The zero-order chi connectivity index (χ0) is 17.8. The molecule has 25 heavy (non-hydrogen) atoms. The van der Waals surface area contributed by atoms with Crippen molar-refractivity contribution in [2.75, 3.05) is 18.0 Å². The zero-order valence-corrected chi connectivity index (χ0v) is 15.7.